The molecule has 88 valence electrons. The van der Waals surface area contributed by atoms with Gasteiger partial charge in [0.25, 0.3) is 0 Å². The summed E-state index contributed by atoms with van der Waals surface area (Å²) in [6.45, 7) is 2.51. The first-order valence-corrected chi connectivity index (χ1v) is 5.07. The number of ether oxygens (including phenoxy) is 1. The van der Waals surface area contributed by atoms with Gasteiger partial charge in [0.15, 0.2) is 0 Å². The van der Waals surface area contributed by atoms with E-state index in [1.165, 1.54) is 0 Å². The minimum absolute atomic E-state index is 0.200. The third-order valence-corrected chi connectivity index (χ3v) is 2.05. The quantitative estimate of drug-likeness (QED) is 0.857. The molecular formula is C11H11N3O3. The zero-order chi connectivity index (χ0) is 12.3. The van der Waals surface area contributed by atoms with E-state index in [1.807, 2.05) is 6.92 Å². The van der Waals surface area contributed by atoms with Crippen LogP contribution in [-0.4, -0.2) is 22.7 Å². The van der Waals surface area contributed by atoms with Crippen LogP contribution in [0.1, 0.15) is 17.6 Å². The lowest BCUT2D eigenvalue weighted by Gasteiger charge is -2.02. The van der Waals surface area contributed by atoms with Crippen molar-refractivity contribution in [3.8, 4) is 17.2 Å². The predicted octanol–water partition coefficient (Wildman–Crippen LogP) is 1.23. The third-order valence-electron chi connectivity index (χ3n) is 2.05. The van der Waals surface area contributed by atoms with Gasteiger partial charge in [0.2, 0.25) is 5.89 Å². The fourth-order valence-corrected chi connectivity index (χ4v) is 1.30. The van der Waals surface area contributed by atoms with Crippen LogP contribution in [0, 0.1) is 0 Å². The monoisotopic (exact) mass is 233 g/mol. The summed E-state index contributed by atoms with van der Waals surface area (Å²) in [6.07, 6.45) is 0. The van der Waals surface area contributed by atoms with Crippen molar-refractivity contribution in [2.75, 3.05) is 6.61 Å². The summed E-state index contributed by atoms with van der Waals surface area (Å²) in [5.74, 6) is 0.0660. The van der Waals surface area contributed by atoms with Crippen LogP contribution in [-0.2, 0) is 0 Å². The van der Waals surface area contributed by atoms with E-state index in [0.717, 1.165) is 5.75 Å². The van der Waals surface area contributed by atoms with E-state index in [4.69, 9.17) is 14.9 Å². The summed E-state index contributed by atoms with van der Waals surface area (Å²) < 4.78 is 10.4. The van der Waals surface area contributed by atoms with Gasteiger partial charge in [-0.2, -0.15) is 0 Å². The molecule has 0 radical (unpaired) electrons. The predicted molar refractivity (Wildman–Crippen MR) is 59.4 cm³/mol. The zero-order valence-electron chi connectivity index (χ0n) is 9.21. The maximum Gasteiger partial charge on any atom is 0.306 e. The number of amides is 1. The summed E-state index contributed by atoms with van der Waals surface area (Å²) in [4.78, 5) is 10.8. The molecule has 0 atom stereocenters. The second-order valence-electron chi connectivity index (χ2n) is 3.23. The van der Waals surface area contributed by atoms with Crippen LogP contribution in [0.4, 0.5) is 0 Å². The van der Waals surface area contributed by atoms with Crippen molar-refractivity contribution in [2.24, 2.45) is 5.73 Å². The molecular weight excluding hydrogens is 222 g/mol. The number of rotatable bonds is 4. The molecule has 2 rings (SSSR count). The lowest BCUT2D eigenvalue weighted by molar-refractivity contribution is 0.0968. The Bertz CT molecular complexity index is 519. The molecule has 0 saturated heterocycles. The minimum Gasteiger partial charge on any atom is -0.494 e. The van der Waals surface area contributed by atoms with Crippen LogP contribution in [0.2, 0.25) is 0 Å². The average molecular weight is 233 g/mol. The molecule has 17 heavy (non-hydrogen) atoms. The van der Waals surface area contributed by atoms with Gasteiger partial charge in [-0.05, 0) is 31.2 Å². The first-order valence-electron chi connectivity index (χ1n) is 5.07. The molecule has 0 saturated carbocycles. The number of nitrogens with zero attached hydrogens (tertiary/aromatic N) is 2. The van der Waals surface area contributed by atoms with Crippen molar-refractivity contribution < 1.29 is 13.9 Å². The van der Waals surface area contributed by atoms with Crippen LogP contribution in [0.3, 0.4) is 0 Å². The highest BCUT2D eigenvalue weighted by molar-refractivity contribution is 5.88. The Balaban J connectivity index is 2.23. The molecule has 2 aromatic rings. The molecule has 1 aromatic carbocycles. The van der Waals surface area contributed by atoms with Gasteiger partial charge in [-0.25, -0.2) is 0 Å². The first kappa shape index (κ1) is 11.1. The van der Waals surface area contributed by atoms with Gasteiger partial charge in [-0.15, -0.1) is 10.2 Å². The van der Waals surface area contributed by atoms with Crippen molar-refractivity contribution in [2.45, 2.75) is 6.92 Å². The summed E-state index contributed by atoms with van der Waals surface area (Å²) >= 11 is 0. The SMILES string of the molecule is CCOc1ccc(-c2nnc(C(N)=O)o2)cc1. The van der Waals surface area contributed by atoms with Crippen LogP contribution in [0.5, 0.6) is 5.75 Å². The van der Waals surface area contributed by atoms with E-state index in [0.29, 0.717) is 12.2 Å². The van der Waals surface area contributed by atoms with Crippen LogP contribution >= 0.6 is 0 Å². The molecule has 0 aliphatic carbocycles. The first-order chi connectivity index (χ1) is 8.20. The summed E-state index contributed by atoms with van der Waals surface area (Å²) in [6, 6.07) is 7.10. The zero-order valence-corrected chi connectivity index (χ0v) is 9.21. The molecule has 0 aliphatic heterocycles. The Morgan fingerprint density at radius 2 is 2.06 bits per heavy atom. The molecule has 1 aromatic heterocycles. The molecule has 1 amide bonds. The highest BCUT2D eigenvalue weighted by atomic mass is 16.5. The van der Waals surface area contributed by atoms with Gasteiger partial charge in [0.05, 0.1) is 6.61 Å². The Hall–Kier alpha value is -2.37. The van der Waals surface area contributed by atoms with Gasteiger partial charge in [-0.3, -0.25) is 4.79 Å². The molecule has 6 nitrogen and oxygen atoms in total. The van der Waals surface area contributed by atoms with Crippen molar-refractivity contribution >= 4 is 5.91 Å². The molecule has 0 spiro atoms. The number of hydrogen-bond acceptors (Lipinski definition) is 5. The Labute approximate surface area is 97.4 Å². The number of carbonyl (C=O) groups is 1. The molecule has 0 unspecified atom stereocenters. The lowest BCUT2D eigenvalue weighted by Crippen LogP contribution is -2.10. The standard InChI is InChI=1S/C11H11N3O3/c1-2-16-8-5-3-7(4-6-8)10-13-14-11(17-10)9(12)15/h3-6H,2H2,1H3,(H2,12,15). The van der Waals surface area contributed by atoms with E-state index < -0.39 is 5.91 Å². The highest BCUT2D eigenvalue weighted by Crippen LogP contribution is 2.21. The largest absolute Gasteiger partial charge is 0.494 e. The second kappa shape index (κ2) is 4.65. The van der Waals surface area contributed by atoms with E-state index in [9.17, 15) is 4.79 Å². The third kappa shape index (κ3) is 2.41. The molecule has 6 heteroatoms. The number of benzene rings is 1. The summed E-state index contributed by atoms with van der Waals surface area (Å²) in [5, 5.41) is 7.25. The lowest BCUT2D eigenvalue weighted by atomic mass is 10.2. The van der Waals surface area contributed by atoms with Gasteiger partial charge in [0, 0.05) is 5.56 Å². The average Bonchev–Trinajstić information content (AvgIpc) is 2.80. The van der Waals surface area contributed by atoms with Gasteiger partial charge in [-0.1, -0.05) is 0 Å². The molecule has 0 aliphatic rings. The van der Waals surface area contributed by atoms with E-state index in [2.05, 4.69) is 10.2 Å². The van der Waals surface area contributed by atoms with Crippen molar-refractivity contribution in [1.29, 1.82) is 0 Å². The molecule has 0 fully saturated rings. The van der Waals surface area contributed by atoms with E-state index >= 15 is 0 Å². The molecule has 0 bridgehead atoms. The number of nitrogens with two attached hydrogens (primary N) is 1. The van der Waals surface area contributed by atoms with Crippen LogP contribution in [0.15, 0.2) is 28.7 Å². The summed E-state index contributed by atoms with van der Waals surface area (Å²) in [7, 11) is 0. The fourth-order valence-electron chi connectivity index (χ4n) is 1.30. The Morgan fingerprint density at radius 3 is 2.59 bits per heavy atom. The maximum atomic E-state index is 10.8. The van der Waals surface area contributed by atoms with E-state index in [1.54, 1.807) is 24.3 Å². The normalized spacial score (nSPS) is 10.2. The van der Waals surface area contributed by atoms with Crippen molar-refractivity contribution in [3.05, 3.63) is 30.2 Å². The molecule has 2 N–H and O–H groups in total. The van der Waals surface area contributed by atoms with Crippen LogP contribution < -0.4 is 10.5 Å². The van der Waals surface area contributed by atoms with Gasteiger partial charge >= 0.3 is 11.8 Å². The second-order valence-corrected chi connectivity index (χ2v) is 3.23. The van der Waals surface area contributed by atoms with Crippen LogP contribution in [0.25, 0.3) is 11.5 Å². The highest BCUT2D eigenvalue weighted by Gasteiger charge is 2.12. The fraction of sp³-hybridized carbons (Fsp3) is 0.182. The number of hydrogen-bond donors (Lipinski definition) is 1. The van der Waals surface area contributed by atoms with Crippen molar-refractivity contribution in [3.63, 3.8) is 0 Å². The Morgan fingerprint density at radius 1 is 1.35 bits per heavy atom. The topological polar surface area (TPSA) is 91.2 Å². The van der Waals surface area contributed by atoms with Gasteiger partial charge in [0.1, 0.15) is 5.75 Å². The minimum atomic E-state index is -0.741. The smallest absolute Gasteiger partial charge is 0.306 e. The maximum absolute atomic E-state index is 10.8. The number of primary amides is 1. The van der Waals surface area contributed by atoms with Gasteiger partial charge < -0.3 is 14.9 Å². The van der Waals surface area contributed by atoms with E-state index in [-0.39, 0.29) is 11.8 Å². The molecule has 1 heterocycles. The van der Waals surface area contributed by atoms with Crippen molar-refractivity contribution in [1.82, 2.24) is 10.2 Å². The number of carbonyl (C=O) groups excluding carboxylic acids is 1. The number of aromatic nitrogens is 2. The summed E-state index contributed by atoms with van der Waals surface area (Å²) in [5.41, 5.74) is 5.72. The Kier molecular flexibility index (Phi) is 3.04.